The van der Waals surface area contributed by atoms with E-state index >= 15 is 0 Å². The summed E-state index contributed by atoms with van der Waals surface area (Å²) in [6, 6.07) is 6.99. The molecule has 1 aliphatic heterocycles. The molecule has 0 saturated carbocycles. The zero-order valence-corrected chi connectivity index (χ0v) is 13.0. The third-order valence-electron chi connectivity index (χ3n) is 3.87. The maximum atomic E-state index is 12.6. The van der Waals surface area contributed by atoms with Crippen molar-refractivity contribution in [2.45, 2.75) is 25.9 Å². The molecule has 0 bridgehead atoms. The van der Waals surface area contributed by atoms with Gasteiger partial charge in [0.25, 0.3) is 0 Å². The molecule has 0 unspecified atom stereocenters. The fourth-order valence-electron chi connectivity index (χ4n) is 2.62. The van der Waals surface area contributed by atoms with Gasteiger partial charge in [0, 0.05) is 5.69 Å². The first-order valence-electron chi connectivity index (χ1n) is 7.70. The number of rotatable bonds is 5. The predicted octanol–water partition coefficient (Wildman–Crippen LogP) is 3.30. The third-order valence-corrected chi connectivity index (χ3v) is 3.87. The molecule has 1 heterocycles. The van der Waals surface area contributed by atoms with Crippen LogP contribution in [0, 0.1) is 5.92 Å². The number of nitrogens with one attached hydrogen (secondary N) is 1. The second-order valence-corrected chi connectivity index (χ2v) is 5.60. The summed E-state index contributed by atoms with van der Waals surface area (Å²) in [7, 11) is 0. The highest BCUT2D eigenvalue weighted by Gasteiger charge is 2.41. The van der Waals surface area contributed by atoms with Crippen LogP contribution in [-0.2, 0) is 4.79 Å². The van der Waals surface area contributed by atoms with Gasteiger partial charge in [-0.25, -0.2) is 0 Å². The van der Waals surface area contributed by atoms with Gasteiger partial charge in [0.05, 0.1) is 19.1 Å². The number of carbonyl (C=O) groups excluding carboxylic acids is 1. The summed E-state index contributed by atoms with van der Waals surface area (Å²) in [6.07, 6.45) is -4.02. The summed E-state index contributed by atoms with van der Waals surface area (Å²) in [4.78, 5) is 13.7. The molecule has 23 heavy (non-hydrogen) atoms. The molecule has 0 radical (unpaired) electrons. The van der Waals surface area contributed by atoms with Crippen LogP contribution in [0.4, 0.5) is 18.9 Å². The van der Waals surface area contributed by atoms with Gasteiger partial charge in [0.1, 0.15) is 5.75 Å². The smallest absolute Gasteiger partial charge is 0.391 e. The number of benzene rings is 1. The molecule has 4 nitrogen and oxygen atoms in total. The number of halogens is 3. The number of likely N-dealkylation sites (tertiary alicyclic amines) is 1. The molecule has 0 atom stereocenters. The molecule has 1 N–H and O–H groups in total. The molecule has 1 fully saturated rings. The number of ether oxygens (including phenoxy) is 1. The Morgan fingerprint density at radius 1 is 1.26 bits per heavy atom. The lowest BCUT2D eigenvalue weighted by atomic mass is 9.96. The number of alkyl halides is 3. The van der Waals surface area contributed by atoms with Gasteiger partial charge in [-0.15, -0.1) is 0 Å². The van der Waals surface area contributed by atoms with Crippen LogP contribution in [0.5, 0.6) is 5.75 Å². The lowest BCUT2D eigenvalue weighted by Gasteiger charge is -2.32. The van der Waals surface area contributed by atoms with E-state index in [0.29, 0.717) is 25.4 Å². The van der Waals surface area contributed by atoms with Crippen molar-refractivity contribution < 1.29 is 22.7 Å². The van der Waals surface area contributed by atoms with Crippen LogP contribution < -0.4 is 10.1 Å². The van der Waals surface area contributed by atoms with Crippen LogP contribution in [0.2, 0.25) is 0 Å². The van der Waals surface area contributed by atoms with Gasteiger partial charge in [0.15, 0.2) is 0 Å². The Labute approximate surface area is 133 Å². The van der Waals surface area contributed by atoms with E-state index in [-0.39, 0.29) is 25.3 Å². The zero-order valence-electron chi connectivity index (χ0n) is 13.0. The summed E-state index contributed by atoms with van der Waals surface area (Å²) >= 11 is 0. The van der Waals surface area contributed by atoms with E-state index in [4.69, 9.17) is 4.74 Å². The highest BCUT2D eigenvalue weighted by Crippen LogP contribution is 2.33. The molecule has 7 heteroatoms. The minimum atomic E-state index is -4.13. The minimum Gasteiger partial charge on any atom is -0.494 e. The third kappa shape index (κ3) is 5.42. The van der Waals surface area contributed by atoms with Crippen LogP contribution in [0.3, 0.4) is 0 Å². The van der Waals surface area contributed by atoms with Gasteiger partial charge in [-0.1, -0.05) is 0 Å². The van der Waals surface area contributed by atoms with Crippen molar-refractivity contribution in [3.05, 3.63) is 24.3 Å². The Kier molecular flexibility index (Phi) is 5.87. The Morgan fingerprint density at radius 2 is 1.87 bits per heavy atom. The normalized spacial score (nSPS) is 17.0. The predicted molar refractivity (Wildman–Crippen MR) is 81.5 cm³/mol. The maximum Gasteiger partial charge on any atom is 0.391 e. The molecular formula is C16H21F3N2O2. The fourth-order valence-corrected chi connectivity index (χ4v) is 2.62. The van der Waals surface area contributed by atoms with E-state index in [2.05, 4.69) is 5.32 Å². The topological polar surface area (TPSA) is 41.6 Å². The number of hydrogen-bond donors (Lipinski definition) is 1. The maximum absolute atomic E-state index is 12.6. The molecule has 0 aromatic heterocycles. The van der Waals surface area contributed by atoms with E-state index < -0.39 is 12.1 Å². The summed E-state index contributed by atoms with van der Waals surface area (Å²) in [5, 5.41) is 2.74. The van der Waals surface area contributed by atoms with Crippen LogP contribution in [0.25, 0.3) is 0 Å². The van der Waals surface area contributed by atoms with E-state index in [1.54, 1.807) is 29.2 Å². The van der Waals surface area contributed by atoms with Crippen molar-refractivity contribution >= 4 is 11.6 Å². The fraction of sp³-hybridized carbons (Fsp3) is 0.562. The van der Waals surface area contributed by atoms with Crippen molar-refractivity contribution in [1.29, 1.82) is 0 Å². The van der Waals surface area contributed by atoms with Crippen molar-refractivity contribution in [2.75, 3.05) is 31.6 Å². The number of anilines is 1. The first-order valence-corrected chi connectivity index (χ1v) is 7.70. The second-order valence-electron chi connectivity index (χ2n) is 5.60. The average molecular weight is 330 g/mol. The first kappa shape index (κ1) is 17.6. The number of amides is 1. The highest BCUT2D eigenvalue weighted by molar-refractivity contribution is 5.92. The monoisotopic (exact) mass is 330 g/mol. The summed E-state index contributed by atoms with van der Waals surface area (Å²) in [6.45, 7) is 3.15. The average Bonchev–Trinajstić information content (AvgIpc) is 2.49. The molecule has 1 amide bonds. The van der Waals surface area contributed by atoms with Crippen LogP contribution in [0.15, 0.2) is 24.3 Å². The second kappa shape index (κ2) is 7.68. The number of hydrogen-bond acceptors (Lipinski definition) is 3. The quantitative estimate of drug-likeness (QED) is 0.901. The van der Waals surface area contributed by atoms with Crippen molar-refractivity contribution in [2.24, 2.45) is 5.92 Å². The molecule has 2 rings (SSSR count). The van der Waals surface area contributed by atoms with Crippen molar-refractivity contribution in [1.82, 2.24) is 4.90 Å². The van der Waals surface area contributed by atoms with Gasteiger partial charge in [0.2, 0.25) is 5.91 Å². The first-order chi connectivity index (χ1) is 10.9. The molecule has 1 aromatic rings. The molecule has 0 aliphatic carbocycles. The van der Waals surface area contributed by atoms with Gasteiger partial charge < -0.3 is 10.1 Å². The summed E-state index contributed by atoms with van der Waals surface area (Å²) in [5.41, 5.74) is 0.642. The molecule has 0 spiro atoms. The lowest BCUT2D eigenvalue weighted by Crippen LogP contribution is -2.42. The SMILES string of the molecule is CCOc1ccc(NC(=O)CN2CCC(C(F)(F)F)CC2)cc1. The summed E-state index contributed by atoms with van der Waals surface area (Å²) < 4.78 is 43.1. The van der Waals surface area contributed by atoms with E-state index in [1.807, 2.05) is 6.92 Å². The van der Waals surface area contributed by atoms with E-state index in [0.717, 1.165) is 5.75 Å². The van der Waals surface area contributed by atoms with Gasteiger partial charge in [-0.05, 0) is 57.1 Å². The largest absolute Gasteiger partial charge is 0.494 e. The highest BCUT2D eigenvalue weighted by atomic mass is 19.4. The number of nitrogens with zero attached hydrogens (tertiary/aromatic N) is 1. The van der Waals surface area contributed by atoms with Crippen LogP contribution in [0.1, 0.15) is 19.8 Å². The van der Waals surface area contributed by atoms with Crippen LogP contribution >= 0.6 is 0 Å². The molecule has 1 saturated heterocycles. The van der Waals surface area contributed by atoms with Crippen molar-refractivity contribution in [3.63, 3.8) is 0 Å². The zero-order chi connectivity index (χ0) is 16.9. The molecule has 1 aliphatic rings. The van der Waals surface area contributed by atoms with Gasteiger partial charge >= 0.3 is 6.18 Å². The lowest BCUT2D eigenvalue weighted by molar-refractivity contribution is -0.184. The van der Waals surface area contributed by atoms with Gasteiger partial charge in [-0.3, -0.25) is 9.69 Å². The van der Waals surface area contributed by atoms with E-state index in [9.17, 15) is 18.0 Å². The van der Waals surface area contributed by atoms with E-state index in [1.165, 1.54) is 0 Å². The Morgan fingerprint density at radius 3 is 2.39 bits per heavy atom. The molecular weight excluding hydrogens is 309 g/mol. The standard InChI is InChI=1S/C16H21F3N2O2/c1-2-23-14-5-3-13(4-6-14)20-15(22)11-21-9-7-12(8-10-21)16(17,18)19/h3-6,12H,2,7-11H2,1H3,(H,20,22). The minimum absolute atomic E-state index is 0.0554. The Bertz CT molecular complexity index is 509. The Balaban J connectivity index is 1.77. The number of carbonyl (C=O) groups is 1. The van der Waals surface area contributed by atoms with Crippen LogP contribution in [-0.4, -0.2) is 43.2 Å². The van der Waals surface area contributed by atoms with Crippen molar-refractivity contribution in [3.8, 4) is 5.75 Å². The molecule has 1 aromatic carbocycles. The number of piperidine rings is 1. The Hall–Kier alpha value is -1.76. The summed E-state index contributed by atoms with van der Waals surface area (Å²) in [5.74, 6) is -0.743. The molecule has 128 valence electrons. The van der Waals surface area contributed by atoms with Gasteiger partial charge in [-0.2, -0.15) is 13.2 Å².